The third-order valence-electron chi connectivity index (χ3n) is 11.9. The van der Waals surface area contributed by atoms with Gasteiger partial charge in [0.1, 0.15) is 11.8 Å². The number of phenolic OH excluding ortho intramolecular Hbond substituents is 1. The number of phenols is 1. The topological polar surface area (TPSA) is 103 Å². The highest BCUT2D eigenvalue weighted by Crippen LogP contribution is 2.46. The molecule has 4 aromatic carbocycles. The van der Waals surface area contributed by atoms with Gasteiger partial charge in [-0.3, -0.25) is 24.5 Å². The molecule has 4 aliphatic rings. The van der Waals surface area contributed by atoms with Crippen molar-refractivity contribution in [1.29, 1.82) is 0 Å². The summed E-state index contributed by atoms with van der Waals surface area (Å²) in [6.07, 6.45) is 4.95. The molecular weight excluding hydrogens is 665 g/mol. The number of carbonyl (C=O) groups excluding carboxylic acids is 2. The lowest BCUT2D eigenvalue weighted by molar-refractivity contribution is -0.135. The van der Waals surface area contributed by atoms with Gasteiger partial charge in [-0.25, -0.2) is 0 Å². The van der Waals surface area contributed by atoms with Gasteiger partial charge in [0.25, 0.3) is 5.91 Å². The zero-order chi connectivity index (χ0) is 35.9. The molecule has 3 atom stereocenters. The van der Waals surface area contributed by atoms with Gasteiger partial charge < -0.3 is 19.6 Å². The lowest BCUT2D eigenvalue weighted by Gasteiger charge is -2.40. The highest BCUT2D eigenvalue weighted by atomic mass is 16.5. The number of fused-ring (bicyclic) bond motifs is 2. The predicted molar refractivity (Wildman–Crippen MR) is 205 cm³/mol. The second-order valence-corrected chi connectivity index (χ2v) is 15.1. The lowest BCUT2D eigenvalue weighted by Crippen LogP contribution is -2.49. The summed E-state index contributed by atoms with van der Waals surface area (Å²) in [6, 6.07) is 31.2. The fourth-order valence-electron chi connectivity index (χ4n) is 8.97. The van der Waals surface area contributed by atoms with Crippen LogP contribution in [0, 0.1) is 5.92 Å². The van der Waals surface area contributed by atoms with E-state index in [0.717, 1.165) is 62.3 Å². The Morgan fingerprint density at radius 3 is 2.30 bits per heavy atom. The van der Waals surface area contributed by atoms with Crippen LogP contribution in [-0.2, 0) is 20.9 Å². The van der Waals surface area contributed by atoms with E-state index < -0.39 is 6.04 Å². The molecule has 1 aromatic heterocycles. The first-order valence-corrected chi connectivity index (χ1v) is 19.1. The van der Waals surface area contributed by atoms with Crippen molar-refractivity contribution >= 4 is 34.1 Å². The van der Waals surface area contributed by atoms with Gasteiger partial charge in [-0.1, -0.05) is 48.5 Å². The molecule has 0 spiro atoms. The minimum Gasteiger partial charge on any atom is -0.508 e. The Morgan fingerprint density at radius 1 is 0.774 bits per heavy atom. The molecule has 0 radical (unpaired) electrons. The van der Waals surface area contributed by atoms with Gasteiger partial charge in [-0.2, -0.15) is 5.10 Å². The number of anilines is 2. The summed E-state index contributed by atoms with van der Waals surface area (Å²) in [4.78, 5) is 31.7. The van der Waals surface area contributed by atoms with Gasteiger partial charge in [0, 0.05) is 74.9 Å². The van der Waals surface area contributed by atoms with Gasteiger partial charge in [-0.15, -0.1) is 0 Å². The number of hydrogen-bond donors (Lipinski definition) is 2. The Balaban J connectivity index is 0.790. The average molecular weight is 711 g/mol. The molecule has 9 rings (SSSR count). The summed E-state index contributed by atoms with van der Waals surface area (Å²) in [5.74, 6) is 0.540. The van der Waals surface area contributed by atoms with Crippen LogP contribution in [0.15, 0.2) is 97.2 Å². The van der Waals surface area contributed by atoms with Crippen LogP contribution in [0.4, 0.5) is 11.4 Å². The number of rotatable bonds is 7. The molecule has 2 amide bonds. The Kier molecular flexibility index (Phi) is 9.09. The van der Waals surface area contributed by atoms with Crippen molar-refractivity contribution < 1.29 is 19.4 Å². The molecule has 5 heterocycles. The first-order valence-electron chi connectivity index (χ1n) is 19.1. The van der Waals surface area contributed by atoms with E-state index in [1.165, 1.54) is 40.9 Å². The summed E-state index contributed by atoms with van der Waals surface area (Å²) in [5, 5.41) is 18.2. The smallest absolute Gasteiger partial charge is 0.251 e. The summed E-state index contributed by atoms with van der Waals surface area (Å²) >= 11 is 0. The number of aromatic hydroxyl groups is 1. The summed E-state index contributed by atoms with van der Waals surface area (Å²) in [6.45, 7) is 7.84. The Morgan fingerprint density at radius 2 is 1.53 bits per heavy atom. The number of carbonyl (C=O) groups is 2. The highest BCUT2D eigenvalue weighted by molar-refractivity contribution is 6.00. The van der Waals surface area contributed by atoms with Crippen molar-refractivity contribution in [3.8, 4) is 5.75 Å². The molecule has 53 heavy (non-hydrogen) atoms. The van der Waals surface area contributed by atoms with Crippen molar-refractivity contribution in [3.63, 3.8) is 0 Å². The molecule has 1 unspecified atom stereocenters. The van der Waals surface area contributed by atoms with Crippen molar-refractivity contribution in [2.45, 2.75) is 50.4 Å². The molecule has 0 bridgehead atoms. The molecular formula is C43H46N6O4. The van der Waals surface area contributed by atoms with Crippen LogP contribution in [0.1, 0.15) is 66.0 Å². The fraction of sp³-hybridized carbons (Fsp3) is 0.372. The molecule has 4 aliphatic heterocycles. The van der Waals surface area contributed by atoms with Crippen molar-refractivity contribution in [1.82, 2.24) is 20.0 Å². The summed E-state index contributed by atoms with van der Waals surface area (Å²) in [5.41, 5.74) is 8.05. The van der Waals surface area contributed by atoms with Gasteiger partial charge >= 0.3 is 0 Å². The molecule has 10 heteroatoms. The summed E-state index contributed by atoms with van der Waals surface area (Å²) < 4.78 is 8.22. The van der Waals surface area contributed by atoms with Gasteiger partial charge in [-0.05, 0) is 89.9 Å². The van der Waals surface area contributed by atoms with E-state index in [-0.39, 0.29) is 29.6 Å². The first-order chi connectivity index (χ1) is 26.0. The average Bonchev–Trinajstić information content (AvgIpc) is 3.61. The zero-order valence-corrected chi connectivity index (χ0v) is 29.9. The third kappa shape index (κ3) is 6.77. The van der Waals surface area contributed by atoms with Crippen LogP contribution in [0.5, 0.6) is 5.75 Å². The normalized spacial score (nSPS) is 22.9. The van der Waals surface area contributed by atoms with Crippen LogP contribution in [0.25, 0.3) is 10.9 Å². The predicted octanol–water partition coefficient (Wildman–Crippen LogP) is 6.16. The van der Waals surface area contributed by atoms with Crippen molar-refractivity contribution in [2.24, 2.45) is 5.92 Å². The van der Waals surface area contributed by atoms with Crippen LogP contribution >= 0.6 is 0 Å². The van der Waals surface area contributed by atoms with Crippen molar-refractivity contribution in [2.75, 3.05) is 55.6 Å². The van der Waals surface area contributed by atoms with E-state index in [2.05, 4.69) is 97.9 Å². The largest absolute Gasteiger partial charge is 0.508 e. The summed E-state index contributed by atoms with van der Waals surface area (Å²) in [7, 11) is 0. The number of ether oxygens (including phenoxy) is 1. The van der Waals surface area contributed by atoms with Crippen LogP contribution in [-0.4, -0.2) is 77.4 Å². The SMILES string of the molecule is O=C1CCC(n2ncc3cc(N4CCN(CC5CCN(c6ccc([C@@H]7c8ccc(O)cc8CO[C@@H]7c7ccccc7)cc6)CC5)CC4)ccc32)C(=O)N1. The van der Waals surface area contributed by atoms with Crippen LogP contribution in [0.2, 0.25) is 0 Å². The standard InChI is InChI=1S/C43H46N6O4/c50-36-11-12-37-33(25-36)28-53-42(31-4-2-1-3-5-31)41(37)30-6-8-34(9-7-30)47-18-16-29(17-19-47)27-46-20-22-48(23-21-46)35-10-13-38-32(24-35)26-44-49(38)39-14-15-40(51)45-43(39)52/h1-13,24-26,29,39,41-42,50H,14-23,27-28H2,(H,45,51,52)/t39?,41-,42-/m1/s1. The fourth-order valence-corrected chi connectivity index (χ4v) is 8.97. The van der Waals surface area contributed by atoms with Gasteiger partial charge in [0.2, 0.25) is 5.91 Å². The number of benzene rings is 4. The number of piperazine rings is 1. The Bertz CT molecular complexity index is 2100. The number of amides is 2. The minimum atomic E-state index is -0.446. The maximum absolute atomic E-state index is 12.4. The molecule has 272 valence electrons. The second kappa shape index (κ2) is 14.3. The van der Waals surface area contributed by atoms with Gasteiger partial charge in [0.15, 0.2) is 0 Å². The number of piperidine rings is 2. The highest BCUT2D eigenvalue weighted by Gasteiger charge is 2.34. The van der Waals surface area contributed by atoms with E-state index >= 15 is 0 Å². The second-order valence-electron chi connectivity index (χ2n) is 15.1. The first kappa shape index (κ1) is 33.6. The zero-order valence-electron chi connectivity index (χ0n) is 29.9. The van der Waals surface area contributed by atoms with Crippen LogP contribution in [0.3, 0.4) is 0 Å². The monoisotopic (exact) mass is 710 g/mol. The molecule has 5 aromatic rings. The minimum absolute atomic E-state index is 0.0499. The van der Waals surface area contributed by atoms with E-state index in [9.17, 15) is 14.7 Å². The van der Waals surface area contributed by atoms with E-state index in [4.69, 9.17) is 4.74 Å². The molecule has 2 N–H and O–H groups in total. The van der Waals surface area contributed by atoms with E-state index in [0.29, 0.717) is 25.4 Å². The number of hydrogen-bond acceptors (Lipinski definition) is 8. The molecule has 3 fully saturated rings. The van der Waals surface area contributed by atoms with Gasteiger partial charge in [0.05, 0.1) is 24.4 Å². The van der Waals surface area contributed by atoms with Crippen LogP contribution < -0.4 is 15.1 Å². The quantitative estimate of drug-likeness (QED) is 0.194. The number of imide groups is 1. The maximum atomic E-state index is 12.4. The number of aromatic nitrogens is 2. The van der Waals surface area contributed by atoms with Crippen molar-refractivity contribution in [3.05, 3.63) is 119 Å². The Hall–Kier alpha value is -5.19. The van der Waals surface area contributed by atoms with E-state index in [1.54, 1.807) is 10.7 Å². The number of nitrogens with one attached hydrogen (secondary N) is 1. The molecule has 10 nitrogen and oxygen atoms in total. The third-order valence-corrected chi connectivity index (χ3v) is 11.9. The number of nitrogens with zero attached hydrogens (tertiary/aromatic N) is 5. The molecule has 3 saturated heterocycles. The molecule has 0 aliphatic carbocycles. The Labute approximate surface area is 309 Å². The maximum Gasteiger partial charge on any atom is 0.251 e. The van der Waals surface area contributed by atoms with E-state index in [1.807, 2.05) is 18.3 Å². The lowest BCUT2D eigenvalue weighted by atomic mass is 9.79. The molecule has 0 saturated carbocycles.